The number of hydrogen-bond acceptors (Lipinski definition) is 0. The summed E-state index contributed by atoms with van der Waals surface area (Å²) in [5.41, 5.74) is 6.93. The predicted octanol–water partition coefficient (Wildman–Crippen LogP) is 6.53. The molecule has 0 radical (unpaired) electrons. The summed E-state index contributed by atoms with van der Waals surface area (Å²) in [6.45, 7) is 7.08. The van der Waals surface area contributed by atoms with Crippen LogP contribution < -0.4 is 0 Å². The largest absolute Gasteiger partial charge is 0.131 e. The molecule has 2 atom stereocenters. The Kier molecular flexibility index (Phi) is 6.04. The van der Waals surface area contributed by atoms with E-state index in [9.17, 15) is 0 Å². The fourth-order valence-electron chi connectivity index (χ4n) is 3.83. The lowest BCUT2D eigenvalue weighted by atomic mass is 9.93. The molecular weight excluding hydrogens is 328 g/mol. The molecular formula is C25H32Si. The van der Waals surface area contributed by atoms with E-state index in [1.165, 1.54) is 49.7 Å². The second-order valence-electron chi connectivity index (χ2n) is 8.92. The second kappa shape index (κ2) is 8.27. The first kappa shape index (κ1) is 19.0. The molecule has 2 aromatic carbocycles. The van der Waals surface area contributed by atoms with Crippen LogP contribution in [0.1, 0.15) is 36.8 Å². The van der Waals surface area contributed by atoms with Gasteiger partial charge in [0.15, 0.2) is 0 Å². The lowest BCUT2D eigenvalue weighted by Gasteiger charge is -2.13. The predicted molar refractivity (Wildman–Crippen MR) is 116 cm³/mol. The molecule has 0 spiro atoms. The molecule has 136 valence electrons. The molecule has 2 unspecified atom stereocenters. The van der Waals surface area contributed by atoms with Crippen LogP contribution in [-0.2, 0) is 12.8 Å². The van der Waals surface area contributed by atoms with Crippen LogP contribution in [0.15, 0.2) is 60.7 Å². The molecule has 0 saturated heterocycles. The van der Waals surface area contributed by atoms with Gasteiger partial charge in [0.05, 0.1) is 0 Å². The summed E-state index contributed by atoms with van der Waals surface area (Å²) < 4.78 is 0. The minimum Gasteiger partial charge on any atom is -0.131 e. The quantitative estimate of drug-likeness (QED) is 0.389. The SMILES string of the molecule is C[Si](C)(C)C#CC1(CCCc2ccccc2)CC1CCc1ccccc1. The van der Waals surface area contributed by atoms with E-state index in [-0.39, 0.29) is 0 Å². The van der Waals surface area contributed by atoms with Gasteiger partial charge in [0.25, 0.3) is 0 Å². The smallest absolute Gasteiger partial charge is 0.129 e. The Balaban J connectivity index is 1.59. The van der Waals surface area contributed by atoms with E-state index < -0.39 is 8.07 Å². The van der Waals surface area contributed by atoms with Gasteiger partial charge < -0.3 is 0 Å². The third-order valence-electron chi connectivity index (χ3n) is 5.47. The lowest BCUT2D eigenvalue weighted by Crippen LogP contribution is -2.17. The fraction of sp³-hybridized carbons (Fsp3) is 0.440. The van der Waals surface area contributed by atoms with Crippen molar-refractivity contribution in [2.24, 2.45) is 11.3 Å². The third kappa shape index (κ3) is 5.61. The average Bonchev–Trinajstić information content (AvgIpc) is 3.33. The van der Waals surface area contributed by atoms with Crippen LogP contribution in [0.3, 0.4) is 0 Å². The van der Waals surface area contributed by atoms with Crippen molar-refractivity contribution in [1.29, 1.82) is 0 Å². The summed E-state index contributed by atoms with van der Waals surface area (Å²) in [5.74, 6) is 4.59. The van der Waals surface area contributed by atoms with Gasteiger partial charge in [0.2, 0.25) is 0 Å². The molecule has 3 rings (SSSR count). The topological polar surface area (TPSA) is 0 Å². The first-order chi connectivity index (χ1) is 12.5. The molecule has 1 aliphatic rings. The maximum absolute atomic E-state index is 3.79. The van der Waals surface area contributed by atoms with Crippen molar-refractivity contribution in [3.05, 3.63) is 71.8 Å². The van der Waals surface area contributed by atoms with Crippen LogP contribution in [0.5, 0.6) is 0 Å². The highest BCUT2D eigenvalue weighted by atomic mass is 28.3. The van der Waals surface area contributed by atoms with E-state index in [4.69, 9.17) is 0 Å². The van der Waals surface area contributed by atoms with Gasteiger partial charge in [-0.15, -0.1) is 11.5 Å². The minimum absolute atomic E-state index is 0.309. The van der Waals surface area contributed by atoms with Crippen LogP contribution in [0.25, 0.3) is 0 Å². The Morgan fingerprint density at radius 3 is 2.04 bits per heavy atom. The summed E-state index contributed by atoms with van der Waals surface area (Å²) in [7, 11) is -1.31. The summed E-state index contributed by atoms with van der Waals surface area (Å²) in [6, 6.07) is 21.8. The molecule has 1 saturated carbocycles. The normalized spacial score (nSPS) is 21.7. The van der Waals surface area contributed by atoms with Gasteiger partial charge in [-0.25, -0.2) is 0 Å². The van der Waals surface area contributed by atoms with Gasteiger partial charge in [-0.1, -0.05) is 80.3 Å². The zero-order chi connectivity index (χ0) is 18.5. The van der Waals surface area contributed by atoms with Gasteiger partial charge >= 0.3 is 0 Å². The molecule has 26 heavy (non-hydrogen) atoms. The Hall–Kier alpha value is -1.78. The third-order valence-corrected chi connectivity index (χ3v) is 6.35. The van der Waals surface area contributed by atoms with Crippen LogP contribution in [0, 0.1) is 22.8 Å². The van der Waals surface area contributed by atoms with E-state index in [0.717, 1.165) is 5.92 Å². The van der Waals surface area contributed by atoms with Crippen LogP contribution in [0.4, 0.5) is 0 Å². The summed E-state index contributed by atoms with van der Waals surface area (Å²) in [4.78, 5) is 0. The highest BCUT2D eigenvalue weighted by Crippen LogP contribution is 2.57. The molecule has 0 bridgehead atoms. The van der Waals surface area contributed by atoms with Crippen LogP contribution in [-0.4, -0.2) is 8.07 Å². The van der Waals surface area contributed by atoms with Gasteiger partial charge in [0, 0.05) is 5.41 Å². The van der Waals surface area contributed by atoms with Crippen molar-refractivity contribution < 1.29 is 0 Å². The Morgan fingerprint density at radius 2 is 1.46 bits per heavy atom. The molecule has 2 aromatic rings. The summed E-state index contributed by atoms with van der Waals surface area (Å²) in [5, 5.41) is 0. The average molecular weight is 361 g/mol. The van der Waals surface area contributed by atoms with Crippen molar-refractivity contribution in [2.45, 2.75) is 58.2 Å². The van der Waals surface area contributed by atoms with Crippen molar-refractivity contribution in [2.75, 3.05) is 0 Å². The highest BCUT2D eigenvalue weighted by molar-refractivity contribution is 6.83. The lowest BCUT2D eigenvalue weighted by molar-refractivity contribution is 0.497. The van der Waals surface area contributed by atoms with E-state index in [0.29, 0.717) is 5.41 Å². The van der Waals surface area contributed by atoms with Crippen LogP contribution >= 0.6 is 0 Å². The summed E-state index contributed by atoms with van der Waals surface area (Å²) >= 11 is 0. The molecule has 0 aromatic heterocycles. The standard InChI is InChI=1S/C25H32Si/c1-26(2,3)20-19-25(18-10-15-22-11-6-4-7-12-22)21-24(25)17-16-23-13-8-5-9-14-23/h4-9,11-14,24H,10,15-18,21H2,1-3H3. The van der Waals surface area contributed by atoms with Crippen molar-refractivity contribution >= 4 is 8.07 Å². The molecule has 0 nitrogen and oxygen atoms in total. The van der Waals surface area contributed by atoms with Crippen molar-refractivity contribution in [3.8, 4) is 11.5 Å². The van der Waals surface area contributed by atoms with Crippen LogP contribution in [0.2, 0.25) is 19.6 Å². The Morgan fingerprint density at radius 1 is 0.885 bits per heavy atom. The molecule has 0 amide bonds. The first-order valence-electron chi connectivity index (χ1n) is 10.1. The second-order valence-corrected chi connectivity index (χ2v) is 13.7. The van der Waals surface area contributed by atoms with Gasteiger partial charge in [-0.3, -0.25) is 0 Å². The zero-order valence-electron chi connectivity index (χ0n) is 16.6. The molecule has 0 heterocycles. The van der Waals surface area contributed by atoms with Gasteiger partial charge in [0.1, 0.15) is 8.07 Å². The molecule has 1 fully saturated rings. The van der Waals surface area contributed by atoms with Gasteiger partial charge in [-0.2, -0.15) is 0 Å². The molecule has 1 aliphatic carbocycles. The maximum Gasteiger partial charge on any atom is 0.129 e. The monoisotopic (exact) mass is 360 g/mol. The number of hydrogen-bond donors (Lipinski definition) is 0. The Bertz CT molecular complexity index is 745. The molecule has 0 N–H and O–H groups in total. The van der Waals surface area contributed by atoms with E-state index in [1.54, 1.807) is 0 Å². The molecule has 1 heteroatoms. The summed E-state index contributed by atoms with van der Waals surface area (Å²) in [6.07, 6.45) is 7.50. The fourth-order valence-corrected chi connectivity index (χ4v) is 4.46. The number of aryl methyl sites for hydroxylation is 2. The van der Waals surface area contributed by atoms with E-state index in [1.807, 2.05) is 0 Å². The van der Waals surface area contributed by atoms with Crippen molar-refractivity contribution in [1.82, 2.24) is 0 Å². The van der Waals surface area contributed by atoms with E-state index >= 15 is 0 Å². The maximum atomic E-state index is 3.79. The molecule has 0 aliphatic heterocycles. The Labute approximate surface area is 161 Å². The highest BCUT2D eigenvalue weighted by Gasteiger charge is 2.51. The zero-order valence-corrected chi connectivity index (χ0v) is 17.6. The number of rotatable bonds is 7. The van der Waals surface area contributed by atoms with Gasteiger partial charge in [-0.05, 0) is 55.6 Å². The van der Waals surface area contributed by atoms with Crippen molar-refractivity contribution in [3.63, 3.8) is 0 Å². The minimum atomic E-state index is -1.31. The van der Waals surface area contributed by atoms with E-state index in [2.05, 4.69) is 91.8 Å². The first-order valence-corrected chi connectivity index (χ1v) is 13.6. The number of benzene rings is 2.